The molecule has 2 N–H and O–H groups in total. The Morgan fingerprint density at radius 3 is 2.81 bits per heavy atom. The van der Waals surface area contributed by atoms with Gasteiger partial charge in [-0.05, 0) is 49.9 Å². The Kier molecular flexibility index (Phi) is 6.19. The minimum Gasteiger partial charge on any atom is -0.313 e. The Labute approximate surface area is 131 Å². The van der Waals surface area contributed by atoms with Crippen LogP contribution in [0.2, 0.25) is 0 Å². The molecule has 0 bridgehead atoms. The molecule has 21 heavy (non-hydrogen) atoms. The van der Waals surface area contributed by atoms with E-state index < -0.39 is 10.0 Å². The minimum atomic E-state index is -3.36. The first kappa shape index (κ1) is 16.9. The standard InChI is InChI=1S/C14H25N3O2S2/c1-3-6-15-10-12-9-14(20-11-12)21(18,19)16-7-8-17(2)13-4-5-13/h9,11,13,15-16H,3-8,10H2,1-2H3. The van der Waals surface area contributed by atoms with E-state index >= 15 is 0 Å². The Hall–Kier alpha value is -0.470. The molecule has 1 aliphatic carbocycles. The first-order chi connectivity index (χ1) is 10.0. The van der Waals surface area contributed by atoms with Gasteiger partial charge in [-0.1, -0.05) is 6.92 Å². The predicted molar refractivity (Wildman–Crippen MR) is 87.2 cm³/mol. The van der Waals surface area contributed by atoms with Crippen molar-refractivity contribution in [1.82, 2.24) is 14.9 Å². The van der Waals surface area contributed by atoms with Crippen molar-refractivity contribution in [3.63, 3.8) is 0 Å². The third kappa shape index (κ3) is 5.34. The summed E-state index contributed by atoms with van der Waals surface area (Å²) in [5.41, 5.74) is 1.03. The van der Waals surface area contributed by atoms with Crippen LogP contribution < -0.4 is 10.0 Å². The number of thiophene rings is 1. The molecule has 0 radical (unpaired) electrons. The maximum absolute atomic E-state index is 12.2. The van der Waals surface area contributed by atoms with Gasteiger partial charge >= 0.3 is 0 Å². The van der Waals surface area contributed by atoms with E-state index in [1.165, 1.54) is 24.2 Å². The van der Waals surface area contributed by atoms with Gasteiger partial charge in [-0.2, -0.15) is 0 Å². The molecule has 0 aliphatic heterocycles. The second-order valence-corrected chi connectivity index (χ2v) is 8.47. The average Bonchev–Trinajstić information content (AvgIpc) is 3.18. The van der Waals surface area contributed by atoms with E-state index in [1.807, 2.05) is 5.38 Å². The summed E-state index contributed by atoms with van der Waals surface area (Å²) < 4.78 is 27.5. The Bertz CT molecular complexity index is 538. The smallest absolute Gasteiger partial charge is 0.250 e. The van der Waals surface area contributed by atoms with Crippen molar-refractivity contribution in [3.8, 4) is 0 Å². The highest BCUT2D eigenvalue weighted by Gasteiger charge is 2.26. The normalized spacial score (nSPS) is 15.8. The van der Waals surface area contributed by atoms with Crippen molar-refractivity contribution in [2.24, 2.45) is 0 Å². The van der Waals surface area contributed by atoms with Gasteiger partial charge < -0.3 is 10.2 Å². The SMILES string of the molecule is CCCNCc1csc(S(=O)(=O)NCCN(C)C2CC2)c1. The Morgan fingerprint density at radius 1 is 1.38 bits per heavy atom. The average molecular weight is 332 g/mol. The van der Waals surface area contributed by atoms with Gasteiger partial charge in [0.05, 0.1) is 0 Å². The zero-order chi connectivity index (χ0) is 15.3. The molecule has 1 aliphatic rings. The fourth-order valence-electron chi connectivity index (χ4n) is 2.12. The summed E-state index contributed by atoms with van der Waals surface area (Å²) in [5.74, 6) is 0. The van der Waals surface area contributed by atoms with E-state index in [1.54, 1.807) is 6.07 Å². The Morgan fingerprint density at radius 2 is 2.14 bits per heavy atom. The van der Waals surface area contributed by atoms with Crippen molar-refractivity contribution in [1.29, 1.82) is 0 Å². The Balaban J connectivity index is 1.80. The number of nitrogens with one attached hydrogen (secondary N) is 2. The highest BCUT2D eigenvalue weighted by molar-refractivity contribution is 7.91. The molecule has 0 amide bonds. The van der Waals surface area contributed by atoms with Crippen molar-refractivity contribution >= 4 is 21.4 Å². The summed E-state index contributed by atoms with van der Waals surface area (Å²) in [4.78, 5) is 2.22. The summed E-state index contributed by atoms with van der Waals surface area (Å²) in [6.45, 7) is 5.02. The van der Waals surface area contributed by atoms with Crippen LogP contribution in [0.5, 0.6) is 0 Å². The van der Waals surface area contributed by atoms with Gasteiger partial charge in [-0.15, -0.1) is 11.3 Å². The molecule has 1 aromatic heterocycles. The highest BCUT2D eigenvalue weighted by Crippen LogP contribution is 2.25. The monoisotopic (exact) mass is 331 g/mol. The lowest BCUT2D eigenvalue weighted by Crippen LogP contribution is -2.33. The van der Waals surface area contributed by atoms with Crippen LogP contribution in [-0.4, -0.2) is 46.0 Å². The molecule has 0 saturated heterocycles. The summed E-state index contributed by atoms with van der Waals surface area (Å²) in [6, 6.07) is 2.42. The second kappa shape index (κ2) is 7.69. The molecule has 120 valence electrons. The van der Waals surface area contributed by atoms with Crippen molar-refractivity contribution in [3.05, 3.63) is 17.0 Å². The molecule has 0 spiro atoms. The number of nitrogens with zero attached hydrogens (tertiary/aromatic N) is 1. The largest absolute Gasteiger partial charge is 0.313 e. The number of sulfonamides is 1. The second-order valence-electron chi connectivity index (χ2n) is 5.56. The lowest BCUT2D eigenvalue weighted by molar-refractivity contribution is 0.329. The zero-order valence-corrected chi connectivity index (χ0v) is 14.4. The molecule has 7 heteroatoms. The van der Waals surface area contributed by atoms with Crippen LogP contribution in [0.15, 0.2) is 15.7 Å². The van der Waals surface area contributed by atoms with Crippen molar-refractivity contribution in [2.45, 2.75) is 43.0 Å². The summed E-state index contributed by atoms with van der Waals surface area (Å²) in [6.07, 6.45) is 3.55. The van der Waals surface area contributed by atoms with Gasteiger partial charge in [0, 0.05) is 25.7 Å². The molecule has 1 saturated carbocycles. The molecule has 1 aromatic rings. The third-order valence-corrected chi connectivity index (χ3v) is 6.53. The number of hydrogen-bond donors (Lipinski definition) is 2. The number of hydrogen-bond acceptors (Lipinski definition) is 5. The quantitative estimate of drug-likeness (QED) is 0.640. The van der Waals surface area contributed by atoms with E-state index in [2.05, 4.69) is 28.9 Å². The van der Waals surface area contributed by atoms with E-state index in [-0.39, 0.29) is 0 Å². The predicted octanol–water partition coefficient (Wildman–Crippen LogP) is 1.62. The molecule has 2 rings (SSSR count). The highest BCUT2D eigenvalue weighted by atomic mass is 32.2. The van der Waals surface area contributed by atoms with Gasteiger partial charge in [0.15, 0.2) is 0 Å². The first-order valence-corrected chi connectivity index (χ1v) is 9.87. The molecule has 0 unspecified atom stereocenters. The lowest BCUT2D eigenvalue weighted by Gasteiger charge is -2.15. The molecule has 0 aromatic carbocycles. The van der Waals surface area contributed by atoms with Crippen molar-refractivity contribution < 1.29 is 8.42 Å². The van der Waals surface area contributed by atoms with Crippen LogP contribution in [0.4, 0.5) is 0 Å². The van der Waals surface area contributed by atoms with E-state index in [0.29, 0.717) is 16.8 Å². The van der Waals surface area contributed by atoms with E-state index in [9.17, 15) is 8.42 Å². The van der Waals surface area contributed by atoms with Crippen LogP contribution in [0.25, 0.3) is 0 Å². The summed E-state index contributed by atoms with van der Waals surface area (Å²) >= 11 is 1.29. The van der Waals surface area contributed by atoms with Crippen molar-refractivity contribution in [2.75, 3.05) is 26.7 Å². The fourth-order valence-corrected chi connectivity index (χ4v) is 4.40. The van der Waals surface area contributed by atoms with Crippen LogP contribution in [0.1, 0.15) is 31.7 Å². The number of rotatable bonds is 10. The maximum Gasteiger partial charge on any atom is 0.250 e. The molecule has 1 fully saturated rings. The molecule has 1 heterocycles. The van der Waals surface area contributed by atoms with Crippen LogP contribution in [0, 0.1) is 0 Å². The van der Waals surface area contributed by atoms with Crippen LogP contribution in [-0.2, 0) is 16.6 Å². The summed E-state index contributed by atoms with van der Waals surface area (Å²) in [7, 11) is -1.31. The van der Waals surface area contributed by atoms with Gasteiger partial charge in [0.1, 0.15) is 4.21 Å². The minimum absolute atomic E-state index is 0.407. The fraction of sp³-hybridized carbons (Fsp3) is 0.714. The van der Waals surface area contributed by atoms with Gasteiger partial charge in [-0.25, -0.2) is 13.1 Å². The van der Waals surface area contributed by atoms with Crippen LogP contribution in [0.3, 0.4) is 0 Å². The maximum atomic E-state index is 12.2. The van der Waals surface area contributed by atoms with Gasteiger partial charge in [0.25, 0.3) is 0 Å². The first-order valence-electron chi connectivity index (χ1n) is 7.51. The molecular weight excluding hydrogens is 306 g/mol. The van der Waals surface area contributed by atoms with Crippen LogP contribution >= 0.6 is 11.3 Å². The van der Waals surface area contributed by atoms with Gasteiger partial charge in [0.2, 0.25) is 10.0 Å². The molecule has 0 atom stereocenters. The summed E-state index contributed by atoms with van der Waals surface area (Å²) in [5, 5.41) is 5.19. The van der Waals surface area contributed by atoms with E-state index in [0.717, 1.165) is 31.6 Å². The molecule has 5 nitrogen and oxygen atoms in total. The number of likely N-dealkylation sites (N-methyl/N-ethyl adjacent to an activating group) is 1. The lowest BCUT2D eigenvalue weighted by atomic mass is 10.3. The third-order valence-electron chi connectivity index (χ3n) is 3.58. The zero-order valence-electron chi connectivity index (χ0n) is 12.8. The van der Waals surface area contributed by atoms with Gasteiger partial charge in [-0.3, -0.25) is 0 Å². The molecular formula is C14H25N3O2S2. The van der Waals surface area contributed by atoms with E-state index in [4.69, 9.17) is 0 Å². The topological polar surface area (TPSA) is 61.4 Å².